The third kappa shape index (κ3) is 2.33. The lowest BCUT2D eigenvalue weighted by atomic mass is 10.1. The molecule has 17 heavy (non-hydrogen) atoms. The molecule has 0 saturated carbocycles. The van der Waals surface area contributed by atoms with Crippen molar-refractivity contribution in [3.05, 3.63) is 27.4 Å². The average Bonchev–Trinajstić information content (AvgIpc) is 2.88. The van der Waals surface area contributed by atoms with E-state index in [0.29, 0.717) is 0 Å². The molecule has 3 rings (SSSR count). The normalized spacial score (nSPS) is 20.2. The van der Waals surface area contributed by atoms with Gasteiger partial charge in [0.25, 0.3) is 0 Å². The minimum absolute atomic E-state index is 0.773. The number of nitrogens with zero attached hydrogens (tertiary/aromatic N) is 1. The fourth-order valence-electron chi connectivity index (χ4n) is 2.30. The van der Waals surface area contributed by atoms with E-state index in [9.17, 15) is 0 Å². The SMILES string of the molecule is S=c1[nH]c2cc(Br)ccc2n1CC1CCSC1. The number of fused-ring (bicyclic) bond motifs is 1. The molecule has 1 N–H and O–H groups in total. The molecule has 1 unspecified atom stereocenters. The maximum absolute atomic E-state index is 5.42. The molecule has 0 amide bonds. The van der Waals surface area contributed by atoms with Gasteiger partial charge in [-0.25, -0.2) is 0 Å². The summed E-state index contributed by atoms with van der Waals surface area (Å²) in [6.07, 6.45) is 1.32. The zero-order valence-electron chi connectivity index (χ0n) is 9.28. The van der Waals surface area contributed by atoms with Gasteiger partial charge in [0.05, 0.1) is 11.0 Å². The van der Waals surface area contributed by atoms with E-state index in [1.54, 1.807) is 0 Å². The maximum atomic E-state index is 5.42. The summed E-state index contributed by atoms with van der Waals surface area (Å²) in [4.78, 5) is 3.28. The predicted octanol–water partition coefficient (Wildman–Crippen LogP) is 4.21. The largest absolute Gasteiger partial charge is 0.331 e. The molecule has 0 radical (unpaired) electrons. The summed E-state index contributed by atoms with van der Waals surface area (Å²) in [5, 5.41) is 0. The van der Waals surface area contributed by atoms with E-state index in [-0.39, 0.29) is 0 Å². The number of hydrogen-bond donors (Lipinski definition) is 1. The van der Waals surface area contributed by atoms with Crippen molar-refractivity contribution >= 4 is 50.9 Å². The zero-order chi connectivity index (χ0) is 11.8. The van der Waals surface area contributed by atoms with Gasteiger partial charge in [0.1, 0.15) is 0 Å². The van der Waals surface area contributed by atoms with E-state index in [4.69, 9.17) is 12.2 Å². The zero-order valence-corrected chi connectivity index (χ0v) is 12.5. The van der Waals surface area contributed by atoms with Crippen LogP contribution in [0, 0.1) is 10.7 Å². The minimum atomic E-state index is 0.773. The Morgan fingerprint density at radius 2 is 2.41 bits per heavy atom. The lowest BCUT2D eigenvalue weighted by Crippen LogP contribution is -2.09. The first kappa shape index (κ1) is 11.8. The number of aromatic amines is 1. The van der Waals surface area contributed by atoms with Gasteiger partial charge < -0.3 is 9.55 Å². The van der Waals surface area contributed by atoms with Crippen LogP contribution in [0.5, 0.6) is 0 Å². The molecule has 1 fully saturated rings. The number of benzene rings is 1. The smallest absolute Gasteiger partial charge is 0.178 e. The Bertz CT molecular complexity index is 596. The van der Waals surface area contributed by atoms with Gasteiger partial charge in [-0.2, -0.15) is 11.8 Å². The second kappa shape index (κ2) is 4.78. The first-order chi connectivity index (χ1) is 8.24. The van der Waals surface area contributed by atoms with Crippen molar-refractivity contribution in [1.29, 1.82) is 0 Å². The molecule has 2 nitrogen and oxygen atoms in total. The highest BCUT2D eigenvalue weighted by atomic mass is 79.9. The molecule has 0 bridgehead atoms. The number of H-pyrrole nitrogens is 1. The van der Waals surface area contributed by atoms with Gasteiger partial charge >= 0.3 is 0 Å². The van der Waals surface area contributed by atoms with E-state index in [2.05, 4.69) is 55.4 Å². The molecule has 1 atom stereocenters. The summed E-state index contributed by atoms with van der Waals surface area (Å²) < 4.78 is 4.17. The number of hydrogen-bond acceptors (Lipinski definition) is 2. The summed E-state index contributed by atoms with van der Waals surface area (Å²) >= 11 is 11.0. The highest BCUT2D eigenvalue weighted by Gasteiger charge is 2.17. The predicted molar refractivity (Wildman–Crippen MR) is 80.3 cm³/mol. The Morgan fingerprint density at radius 3 is 3.18 bits per heavy atom. The maximum Gasteiger partial charge on any atom is 0.178 e. The Balaban J connectivity index is 2.02. The molecule has 5 heteroatoms. The topological polar surface area (TPSA) is 20.7 Å². The van der Waals surface area contributed by atoms with Crippen LogP contribution in [0.25, 0.3) is 11.0 Å². The van der Waals surface area contributed by atoms with Crippen molar-refractivity contribution < 1.29 is 0 Å². The molecule has 2 aromatic rings. The van der Waals surface area contributed by atoms with Gasteiger partial charge in [-0.15, -0.1) is 0 Å². The molecule has 1 aromatic heterocycles. The van der Waals surface area contributed by atoms with Crippen molar-refractivity contribution in [2.45, 2.75) is 13.0 Å². The molecule has 0 aliphatic carbocycles. The second-order valence-corrected chi connectivity index (χ2v) is 6.88. The number of rotatable bonds is 2. The number of nitrogens with one attached hydrogen (secondary N) is 1. The first-order valence-electron chi connectivity index (χ1n) is 5.70. The van der Waals surface area contributed by atoms with Crippen LogP contribution in [-0.2, 0) is 6.54 Å². The summed E-state index contributed by atoms with van der Waals surface area (Å²) in [5.74, 6) is 3.34. The Hall–Kier alpha value is -0.260. The Morgan fingerprint density at radius 1 is 1.53 bits per heavy atom. The van der Waals surface area contributed by atoms with E-state index < -0.39 is 0 Å². The van der Waals surface area contributed by atoms with Crippen molar-refractivity contribution in [2.24, 2.45) is 5.92 Å². The molecular weight excluding hydrogens is 316 g/mol. The lowest BCUT2D eigenvalue weighted by molar-refractivity contribution is 0.497. The van der Waals surface area contributed by atoms with Crippen LogP contribution >= 0.6 is 39.9 Å². The number of halogens is 1. The quantitative estimate of drug-likeness (QED) is 0.833. The van der Waals surface area contributed by atoms with Crippen LogP contribution in [0.1, 0.15) is 6.42 Å². The van der Waals surface area contributed by atoms with E-state index in [1.807, 2.05) is 0 Å². The molecule has 1 saturated heterocycles. The summed E-state index contributed by atoms with van der Waals surface area (Å²) in [5.41, 5.74) is 2.34. The Labute approximate surface area is 118 Å². The van der Waals surface area contributed by atoms with Gasteiger partial charge in [-0.05, 0) is 54.3 Å². The first-order valence-corrected chi connectivity index (χ1v) is 8.05. The standard InChI is InChI=1S/C12H13BrN2S2/c13-9-1-2-11-10(5-9)14-12(16)15(11)6-8-3-4-17-7-8/h1-2,5,8H,3-4,6-7H2,(H,14,16). The lowest BCUT2D eigenvalue weighted by Gasteiger charge is -2.10. The van der Waals surface area contributed by atoms with Crippen LogP contribution in [0.2, 0.25) is 0 Å². The molecule has 90 valence electrons. The Kier molecular flexibility index (Phi) is 3.32. The molecule has 0 spiro atoms. The van der Waals surface area contributed by atoms with Gasteiger partial charge in [0, 0.05) is 11.0 Å². The third-order valence-corrected chi connectivity index (χ3v) is 5.25. The number of aromatic nitrogens is 2. The van der Waals surface area contributed by atoms with E-state index in [0.717, 1.165) is 27.2 Å². The molecule has 2 heterocycles. The van der Waals surface area contributed by atoms with Gasteiger partial charge in [0.15, 0.2) is 4.77 Å². The van der Waals surface area contributed by atoms with Crippen LogP contribution in [0.4, 0.5) is 0 Å². The van der Waals surface area contributed by atoms with Crippen LogP contribution < -0.4 is 0 Å². The van der Waals surface area contributed by atoms with Crippen molar-refractivity contribution in [2.75, 3.05) is 11.5 Å². The highest BCUT2D eigenvalue weighted by Crippen LogP contribution is 2.27. The number of imidazole rings is 1. The van der Waals surface area contributed by atoms with Crippen molar-refractivity contribution in [1.82, 2.24) is 9.55 Å². The summed E-state index contributed by atoms with van der Waals surface area (Å²) in [7, 11) is 0. The molecule has 1 aliphatic heterocycles. The fraction of sp³-hybridized carbons (Fsp3) is 0.417. The monoisotopic (exact) mass is 328 g/mol. The summed E-state index contributed by atoms with van der Waals surface area (Å²) in [6, 6.07) is 6.30. The van der Waals surface area contributed by atoms with Gasteiger partial charge in [0.2, 0.25) is 0 Å². The van der Waals surface area contributed by atoms with Gasteiger partial charge in [-0.1, -0.05) is 15.9 Å². The van der Waals surface area contributed by atoms with E-state index >= 15 is 0 Å². The highest BCUT2D eigenvalue weighted by molar-refractivity contribution is 9.10. The van der Waals surface area contributed by atoms with Crippen molar-refractivity contribution in [3.8, 4) is 0 Å². The third-order valence-electron chi connectivity index (χ3n) is 3.20. The van der Waals surface area contributed by atoms with E-state index in [1.165, 1.54) is 23.4 Å². The molecular formula is C12H13BrN2S2. The van der Waals surface area contributed by atoms with Gasteiger partial charge in [-0.3, -0.25) is 0 Å². The summed E-state index contributed by atoms with van der Waals surface area (Å²) in [6.45, 7) is 1.05. The molecule has 1 aromatic carbocycles. The van der Waals surface area contributed by atoms with Crippen LogP contribution in [0.15, 0.2) is 22.7 Å². The molecule has 1 aliphatic rings. The fourth-order valence-corrected chi connectivity index (χ4v) is 4.22. The van der Waals surface area contributed by atoms with Crippen LogP contribution in [0.3, 0.4) is 0 Å². The van der Waals surface area contributed by atoms with Crippen LogP contribution in [-0.4, -0.2) is 21.1 Å². The number of thioether (sulfide) groups is 1. The average molecular weight is 329 g/mol. The minimum Gasteiger partial charge on any atom is -0.331 e. The van der Waals surface area contributed by atoms with Crippen molar-refractivity contribution in [3.63, 3.8) is 0 Å². The second-order valence-electron chi connectivity index (χ2n) is 4.43.